The summed E-state index contributed by atoms with van der Waals surface area (Å²) in [6.07, 6.45) is 3.27. The van der Waals surface area contributed by atoms with Crippen molar-refractivity contribution in [3.63, 3.8) is 0 Å². The molecule has 6 heteroatoms. The number of aromatic nitrogens is 2. The Hall–Kier alpha value is -1.85. The van der Waals surface area contributed by atoms with E-state index < -0.39 is 17.6 Å². The standard InChI is InChI=1S/C12H19N3O3/c1-5-14(12(3,4)11(17)18)10(16)9(2)15-8-6-7-13-15/h6-9H,5H2,1-4H3,(H,17,18). The Kier molecular flexibility index (Phi) is 4.11. The molecule has 0 aliphatic carbocycles. The minimum absolute atomic E-state index is 0.256. The maximum atomic E-state index is 12.3. The molecule has 0 spiro atoms. The fourth-order valence-corrected chi connectivity index (χ4v) is 1.79. The number of rotatable bonds is 5. The normalized spacial score (nSPS) is 13.1. The monoisotopic (exact) mass is 253 g/mol. The van der Waals surface area contributed by atoms with Gasteiger partial charge in [0, 0.05) is 18.9 Å². The summed E-state index contributed by atoms with van der Waals surface area (Å²) in [6, 6.07) is 1.21. The number of carboxylic acids is 1. The van der Waals surface area contributed by atoms with E-state index in [-0.39, 0.29) is 5.91 Å². The van der Waals surface area contributed by atoms with Crippen molar-refractivity contribution in [1.82, 2.24) is 14.7 Å². The van der Waals surface area contributed by atoms with E-state index in [0.29, 0.717) is 6.54 Å². The van der Waals surface area contributed by atoms with Crippen LogP contribution in [0.15, 0.2) is 18.5 Å². The van der Waals surface area contributed by atoms with E-state index in [1.54, 1.807) is 32.3 Å². The van der Waals surface area contributed by atoms with Crippen LogP contribution in [-0.4, -0.2) is 43.7 Å². The quantitative estimate of drug-likeness (QED) is 0.854. The van der Waals surface area contributed by atoms with E-state index in [0.717, 1.165) is 0 Å². The van der Waals surface area contributed by atoms with E-state index in [1.165, 1.54) is 23.4 Å². The van der Waals surface area contributed by atoms with Crippen LogP contribution >= 0.6 is 0 Å². The summed E-state index contributed by atoms with van der Waals surface area (Å²) < 4.78 is 1.52. The lowest BCUT2D eigenvalue weighted by Crippen LogP contribution is -2.54. The molecule has 1 aromatic rings. The summed E-state index contributed by atoms with van der Waals surface area (Å²) >= 11 is 0. The minimum atomic E-state index is -1.23. The number of carboxylic acid groups (broad SMARTS) is 1. The zero-order chi connectivity index (χ0) is 13.9. The Morgan fingerprint density at radius 2 is 2.11 bits per heavy atom. The lowest BCUT2D eigenvalue weighted by Gasteiger charge is -2.35. The van der Waals surface area contributed by atoms with Gasteiger partial charge in [0.15, 0.2) is 0 Å². The molecule has 1 heterocycles. The number of amides is 1. The molecule has 0 aromatic carbocycles. The second-order valence-corrected chi connectivity index (χ2v) is 4.61. The minimum Gasteiger partial charge on any atom is -0.480 e. The van der Waals surface area contributed by atoms with Gasteiger partial charge in [-0.3, -0.25) is 9.48 Å². The molecule has 18 heavy (non-hydrogen) atoms. The Labute approximate surface area is 106 Å². The maximum Gasteiger partial charge on any atom is 0.329 e. The summed E-state index contributed by atoms with van der Waals surface area (Å²) in [5.41, 5.74) is -1.23. The van der Waals surface area contributed by atoms with Gasteiger partial charge >= 0.3 is 5.97 Å². The second-order valence-electron chi connectivity index (χ2n) is 4.61. The highest BCUT2D eigenvalue weighted by Gasteiger charge is 2.38. The first-order valence-electron chi connectivity index (χ1n) is 5.86. The molecule has 0 bridgehead atoms. The SMILES string of the molecule is CCN(C(=O)C(C)n1cccn1)C(C)(C)C(=O)O. The van der Waals surface area contributed by atoms with Crippen molar-refractivity contribution in [3.05, 3.63) is 18.5 Å². The average molecular weight is 253 g/mol. The van der Waals surface area contributed by atoms with Gasteiger partial charge in [0.25, 0.3) is 0 Å². The summed E-state index contributed by atoms with van der Waals surface area (Å²) in [6.45, 7) is 6.84. The summed E-state index contributed by atoms with van der Waals surface area (Å²) in [5, 5.41) is 13.2. The highest BCUT2D eigenvalue weighted by molar-refractivity contribution is 5.88. The Morgan fingerprint density at radius 1 is 1.50 bits per heavy atom. The molecule has 1 N–H and O–H groups in total. The molecule has 1 rings (SSSR count). The third kappa shape index (κ3) is 2.52. The lowest BCUT2D eigenvalue weighted by atomic mass is 10.0. The average Bonchev–Trinajstić information content (AvgIpc) is 2.81. The highest BCUT2D eigenvalue weighted by atomic mass is 16.4. The maximum absolute atomic E-state index is 12.3. The zero-order valence-electron chi connectivity index (χ0n) is 11.1. The molecule has 1 unspecified atom stereocenters. The van der Waals surface area contributed by atoms with Crippen molar-refractivity contribution in [1.29, 1.82) is 0 Å². The van der Waals surface area contributed by atoms with Gasteiger partial charge in [-0.05, 0) is 33.8 Å². The van der Waals surface area contributed by atoms with Gasteiger partial charge in [-0.15, -0.1) is 0 Å². The van der Waals surface area contributed by atoms with Gasteiger partial charge in [0.05, 0.1) is 0 Å². The largest absolute Gasteiger partial charge is 0.480 e. The van der Waals surface area contributed by atoms with Crippen molar-refractivity contribution >= 4 is 11.9 Å². The zero-order valence-corrected chi connectivity index (χ0v) is 11.1. The molecule has 6 nitrogen and oxygen atoms in total. The fourth-order valence-electron chi connectivity index (χ4n) is 1.79. The van der Waals surface area contributed by atoms with E-state index in [1.807, 2.05) is 0 Å². The van der Waals surface area contributed by atoms with Gasteiger partial charge in [-0.2, -0.15) is 5.10 Å². The van der Waals surface area contributed by atoms with Crippen LogP contribution in [-0.2, 0) is 9.59 Å². The molecule has 0 aliphatic heterocycles. The number of carbonyl (C=O) groups excluding carboxylic acids is 1. The summed E-state index contributed by atoms with van der Waals surface area (Å²) in [5.74, 6) is -1.28. The molecule has 100 valence electrons. The summed E-state index contributed by atoms with van der Waals surface area (Å²) in [4.78, 5) is 24.9. The molecular formula is C12H19N3O3. The number of carbonyl (C=O) groups is 2. The topological polar surface area (TPSA) is 75.4 Å². The molecule has 1 atom stereocenters. The second kappa shape index (κ2) is 5.20. The molecule has 0 saturated carbocycles. The van der Waals surface area contributed by atoms with Gasteiger partial charge in [-0.25, -0.2) is 4.79 Å². The fraction of sp³-hybridized carbons (Fsp3) is 0.583. The number of likely N-dealkylation sites (N-methyl/N-ethyl adjacent to an activating group) is 1. The predicted molar refractivity (Wildman–Crippen MR) is 66.0 cm³/mol. The van der Waals surface area contributed by atoms with Gasteiger partial charge in [0.2, 0.25) is 5.91 Å². The van der Waals surface area contributed by atoms with Crippen molar-refractivity contribution in [2.24, 2.45) is 0 Å². The van der Waals surface area contributed by atoms with Crippen molar-refractivity contribution < 1.29 is 14.7 Å². The van der Waals surface area contributed by atoms with E-state index >= 15 is 0 Å². The molecule has 0 fully saturated rings. The first-order chi connectivity index (χ1) is 8.32. The first-order valence-corrected chi connectivity index (χ1v) is 5.86. The molecule has 1 aromatic heterocycles. The van der Waals surface area contributed by atoms with Crippen LogP contribution in [0.25, 0.3) is 0 Å². The van der Waals surface area contributed by atoms with E-state index in [4.69, 9.17) is 0 Å². The first kappa shape index (κ1) is 14.2. The molecular weight excluding hydrogens is 234 g/mol. The molecule has 0 aliphatic rings. The van der Waals surface area contributed by atoms with Gasteiger partial charge < -0.3 is 10.0 Å². The van der Waals surface area contributed by atoms with Crippen LogP contribution in [0.5, 0.6) is 0 Å². The smallest absolute Gasteiger partial charge is 0.329 e. The number of hydrogen-bond acceptors (Lipinski definition) is 3. The van der Waals surface area contributed by atoms with Crippen molar-refractivity contribution in [2.75, 3.05) is 6.54 Å². The van der Waals surface area contributed by atoms with E-state index in [9.17, 15) is 14.7 Å². The lowest BCUT2D eigenvalue weighted by molar-refractivity contribution is -0.158. The molecule has 0 radical (unpaired) electrons. The third-order valence-electron chi connectivity index (χ3n) is 3.06. The van der Waals surface area contributed by atoms with Gasteiger partial charge in [-0.1, -0.05) is 0 Å². The van der Waals surface area contributed by atoms with Crippen LogP contribution in [0.2, 0.25) is 0 Å². The molecule has 0 saturated heterocycles. The Balaban J connectivity index is 2.96. The van der Waals surface area contributed by atoms with Crippen LogP contribution in [0.1, 0.15) is 33.7 Å². The highest BCUT2D eigenvalue weighted by Crippen LogP contribution is 2.19. The van der Waals surface area contributed by atoms with Crippen molar-refractivity contribution in [2.45, 2.75) is 39.3 Å². The van der Waals surface area contributed by atoms with E-state index in [2.05, 4.69) is 5.10 Å². The molecule has 1 amide bonds. The number of aliphatic carboxylic acids is 1. The third-order valence-corrected chi connectivity index (χ3v) is 3.06. The predicted octanol–water partition coefficient (Wildman–Crippen LogP) is 1.16. The number of nitrogens with zero attached hydrogens (tertiary/aromatic N) is 3. The van der Waals surface area contributed by atoms with Crippen LogP contribution in [0.3, 0.4) is 0 Å². The summed E-state index contributed by atoms with van der Waals surface area (Å²) in [7, 11) is 0. The Bertz CT molecular complexity index is 426. The van der Waals surface area contributed by atoms with Crippen LogP contribution in [0, 0.1) is 0 Å². The van der Waals surface area contributed by atoms with Gasteiger partial charge in [0.1, 0.15) is 11.6 Å². The van der Waals surface area contributed by atoms with Crippen LogP contribution in [0.4, 0.5) is 0 Å². The Morgan fingerprint density at radius 3 is 2.50 bits per heavy atom. The number of hydrogen-bond donors (Lipinski definition) is 1. The van der Waals surface area contributed by atoms with Crippen molar-refractivity contribution in [3.8, 4) is 0 Å². The van der Waals surface area contributed by atoms with Crippen LogP contribution < -0.4 is 0 Å².